The molecule has 0 spiro atoms. The van der Waals surface area contributed by atoms with Crippen LogP contribution in [0.25, 0.3) is 17.4 Å². The van der Waals surface area contributed by atoms with Gasteiger partial charge in [0.15, 0.2) is 0 Å². The summed E-state index contributed by atoms with van der Waals surface area (Å²) in [6.45, 7) is 3.92. The van der Waals surface area contributed by atoms with Crippen LogP contribution in [-0.4, -0.2) is 28.2 Å². The maximum atomic E-state index is 13.0. The van der Waals surface area contributed by atoms with Gasteiger partial charge in [-0.15, -0.1) is 0 Å². The van der Waals surface area contributed by atoms with Crippen LogP contribution in [0.2, 0.25) is 0 Å². The second-order valence-electron chi connectivity index (χ2n) is 7.50. The number of unbranched alkanes of at least 4 members (excludes halogenated alkanes) is 3. The van der Waals surface area contributed by atoms with Crippen LogP contribution in [0.1, 0.15) is 45.3 Å². The second-order valence-corrected chi connectivity index (χ2v) is 7.50. The Labute approximate surface area is 185 Å². The first-order valence-electron chi connectivity index (χ1n) is 10.4. The summed E-state index contributed by atoms with van der Waals surface area (Å²) in [6.07, 6.45) is 5.15. The zero-order valence-electron chi connectivity index (χ0n) is 18.0. The highest BCUT2D eigenvalue weighted by Gasteiger charge is 2.35. The van der Waals surface area contributed by atoms with Gasteiger partial charge in [0.2, 0.25) is 0 Å². The number of nitrogens with zero attached hydrogens (tertiary/aromatic N) is 3. The zero-order valence-corrected chi connectivity index (χ0v) is 18.0. The van der Waals surface area contributed by atoms with E-state index in [9.17, 15) is 25.0 Å². The molecule has 2 aromatic rings. The van der Waals surface area contributed by atoms with E-state index in [0.29, 0.717) is 29.1 Å². The van der Waals surface area contributed by atoms with Gasteiger partial charge in [-0.2, -0.15) is 5.26 Å². The molecule has 32 heavy (non-hydrogen) atoms. The van der Waals surface area contributed by atoms with Crippen molar-refractivity contribution >= 4 is 23.6 Å². The SMILES string of the molecule is CCCCCCN1C(=O)C(C#N)=C(C)/C(=C\c2ccc(-c3ccc([N+](=O)[O-])cc3)o2)C1=O. The number of imide groups is 1. The number of hydrogen-bond acceptors (Lipinski definition) is 6. The summed E-state index contributed by atoms with van der Waals surface area (Å²) in [6, 6.07) is 11.2. The molecule has 0 saturated carbocycles. The quantitative estimate of drug-likeness (QED) is 0.189. The molecule has 3 rings (SSSR count). The summed E-state index contributed by atoms with van der Waals surface area (Å²) in [5, 5.41) is 20.3. The molecule has 1 aromatic carbocycles. The highest BCUT2D eigenvalue weighted by molar-refractivity contribution is 6.19. The maximum Gasteiger partial charge on any atom is 0.271 e. The molecule has 0 bridgehead atoms. The number of benzene rings is 1. The fourth-order valence-electron chi connectivity index (χ4n) is 3.50. The molecule has 0 unspecified atom stereocenters. The third-order valence-electron chi connectivity index (χ3n) is 5.34. The lowest BCUT2D eigenvalue weighted by Gasteiger charge is -2.27. The van der Waals surface area contributed by atoms with Crippen molar-refractivity contribution in [3.63, 3.8) is 0 Å². The third-order valence-corrected chi connectivity index (χ3v) is 5.34. The minimum Gasteiger partial charge on any atom is -0.457 e. The van der Waals surface area contributed by atoms with Crippen LogP contribution in [0.5, 0.6) is 0 Å². The predicted molar refractivity (Wildman–Crippen MR) is 118 cm³/mol. The number of amides is 2. The molecule has 2 amide bonds. The van der Waals surface area contributed by atoms with Gasteiger partial charge in [-0.05, 0) is 49.3 Å². The minimum absolute atomic E-state index is 0.0241. The Morgan fingerprint density at radius 1 is 1.09 bits per heavy atom. The highest BCUT2D eigenvalue weighted by atomic mass is 16.6. The normalized spacial score (nSPS) is 15.4. The van der Waals surface area contributed by atoms with Crippen LogP contribution in [0.4, 0.5) is 5.69 Å². The Kier molecular flexibility index (Phi) is 7.00. The molecule has 1 aromatic heterocycles. The molecule has 0 N–H and O–H groups in total. The molecule has 2 heterocycles. The van der Waals surface area contributed by atoms with Crippen molar-refractivity contribution in [1.82, 2.24) is 4.90 Å². The predicted octanol–water partition coefficient (Wildman–Crippen LogP) is 5.03. The standard InChI is InChI=1S/C24H23N3O5/c1-3-4-5-6-13-26-23(28)20(16(2)21(15-25)24(26)29)14-19-11-12-22(32-19)17-7-9-18(10-8-17)27(30)31/h7-12,14H,3-6,13H2,1-2H3/b20-14+. The Morgan fingerprint density at radius 3 is 2.44 bits per heavy atom. The van der Waals surface area contributed by atoms with Gasteiger partial charge in [0.1, 0.15) is 23.2 Å². The lowest BCUT2D eigenvalue weighted by molar-refractivity contribution is -0.384. The van der Waals surface area contributed by atoms with E-state index in [4.69, 9.17) is 4.42 Å². The smallest absolute Gasteiger partial charge is 0.271 e. The van der Waals surface area contributed by atoms with E-state index in [-0.39, 0.29) is 23.4 Å². The fraction of sp³-hybridized carbons (Fsp3) is 0.292. The van der Waals surface area contributed by atoms with Crippen molar-refractivity contribution in [2.45, 2.75) is 39.5 Å². The molecule has 0 radical (unpaired) electrons. The van der Waals surface area contributed by atoms with E-state index < -0.39 is 16.7 Å². The largest absolute Gasteiger partial charge is 0.457 e. The van der Waals surface area contributed by atoms with Crippen molar-refractivity contribution in [1.29, 1.82) is 5.26 Å². The molecule has 0 aliphatic carbocycles. The first-order chi connectivity index (χ1) is 15.4. The summed E-state index contributed by atoms with van der Waals surface area (Å²) in [4.78, 5) is 37.1. The number of carbonyl (C=O) groups excluding carboxylic acids is 2. The maximum absolute atomic E-state index is 13.0. The Bertz CT molecular complexity index is 1150. The fourth-order valence-corrected chi connectivity index (χ4v) is 3.50. The average Bonchev–Trinajstić information content (AvgIpc) is 3.25. The van der Waals surface area contributed by atoms with Crippen molar-refractivity contribution in [2.75, 3.05) is 6.54 Å². The van der Waals surface area contributed by atoms with E-state index in [0.717, 1.165) is 24.2 Å². The summed E-state index contributed by atoms with van der Waals surface area (Å²) in [7, 11) is 0. The molecule has 1 aliphatic heterocycles. The average molecular weight is 433 g/mol. The third kappa shape index (κ3) is 4.67. The number of nitro benzene ring substituents is 1. The van der Waals surface area contributed by atoms with Crippen LogP contribution in [-0.2, 0) is 9.59 Å². The number of rotatable bonds is 8. The van der Waals surface area contributed by atoms with Gasteiger partial charge in [0, 0.05) is 29.8 Å². The van der Waals surface area contributed by atoms with Gasteiger partial charge < -0.3 is 4.42 Å². The molecule has 0 fully saturated rings. The number of nitriles is 1. The summed E-state index contributed by atoms with van der Waals surface area (Å²) in [5.41, 5.74) is 1.13. The lowest BCUT2D eigenvalue weighted by atomic mass is 9.94. The molecule has 8 heteroatoms. The number of hydrogen-bond donors (Lipinski definition) is 0. The molecular formula is C24H23N3O5. The van der Waals surface area contributed by atoms with E-state index in [1.54, 1.807) is 31.2 Å². The van der Waals surface area contributed by atoms with Crippen LogP contribution in [0, 0.1) is 21.4 Å². The number of furan rings is 1. The van der Waals surface area contributed by atoms with E-state index in [1.165, 1.54) is 18.2 Å². The monoisotopic (exact) mass is 433 g/mol. The molecule has 0 atom stereocenters. The molecule has 164 valence electrons. The van der Waals surface area contributed by atoms with Crippen LogP contribution in [0.3, 0.4) is 0 Å². The topological polar surface area (TPSA) is 117 Å². The van der Waals surface area contributed by atoms with Gasteiger partial charge >= 0.3 is 0 Å². The van der Waals surface area contributed by atoms with Gasteiger partial charge in [-0.1, -0.05) is 26.2 Å². The van der Waals surface area contributed by atoms with Gasteiger partial charge in [-0.25, -0.2) is 0 Å². The second kappa shape index (κ2) is 9.88. The van der Waals surface area contributed by atoms with Crippen molar-refractivity contribution in [3.05, 3.63) is 69.0 Å². The Morgan fingerprint density at radius 2 is 1.81 bits per heavy atom. The number of nitro groups is 1. The molecule has 8 nitrogen and oxygen atoms in total. The minimum atomic E-state index is -0.560. The van der Waals surface area contributed by atoms with Gasteiger partial charge in [-0.3, -0.25) is 24.6 Å². The van der Waals surface area contributed by atoms with Crippen molar-refractivity contribution in [3.8, 4) is 17.4 Å². The van der Waals surface area contributed by atoms with Gasteiger partial charge in [0.25, 0.3) is 17.5 Å². The molecular weight excluding hydrogens is 410 g/mol. The first-order valence-corrected chi connectivity index (χ1v) is 10.4. The zero-order chi connectivity index (χ0) is 23.3. The van der Waals surface area contributed by atoms with Crippen LogP contribution >= 0.6 is 0 Å². The molecule has 0 saturated heterocycles. The van der Waals surface area contributed by atoms with Crippen LogP contribution in [0.15, 0.2) is 57.5 Å². The number of non-ortho nitro benzene ring substituents is 1. The van der Waals surface area contributed by atoms with Crippen molar-refractivity contribution in [2.24, 2.45) is 0 Å². The highest BCUT2D eigenvalue weighted by Crippen LogP contribution is 2.30. The summed E-state index contributed by atoms with van der Waals surface area (Å²) in [5.74, 6) is -0.158. The summed E-state index contributed by atoms with van der Waals surface area (Å²) >= 11 is 0. The Hall–Kier alpha value is -3.99. The van der Waals surface area contributed by atoms with E-state index in [1.807, 2.05) is 6.07 Å². The summed E-state index contributed by atoms with van der Waals surface area (Å²) < 4.78 is 5.81. The van der Waals surface area contributed by atoms with Crippen LogP contribution < -0.4 is 0 Å². The Balaban J connectivity index is 1.90. The van der Waals surface area contributed by atoms with E-state index >= 15 is 0 Å². The number of carbonyl (C=O) groups is 2. The van der Waals surface area contributed by atoms with Gasteiger partial charge in [0.05, 0.1) is 4.92 Å². The van der Waals surface area contributed by atoms with Crippen molar-refractivity contribution < 1.29 is 18.9 Å². The van der Waals surface area contributed by atoms with E-state index in [2.05, 4.69) is 6.92 Å². The molecule has 1 aliphatic rings. The lowest BCUT2D eigenvalue weighted by Crippen LogP contribution is -2.43. The first kappa shape index (κ1) is 22.7.